The van der Waals surface area contributed by atoms with Crippen molar-refractivity contribution in [1.82, 2.24) is 0 Å². The SMILES string of the molecule is C/C(=C\Br)CC(O)c1ccccc1. The number of halogens is 1. The fourth-order valence-corrected chi connectivity index (χ4v) is 1.33. The van der Waals surface area contributed by atoms with Crippen LogP contribution in [0.15, 0.2) is 40.9 Å². The van der Waals surface area contributed by atoms with Crippen molar-refractivity contribution in [2.24, 2.45) is 0 Å². The Morgan fingerprint density at radius 1 is 1.46 bits per heavy atom. The molecule has 70 valence electrons. The van der Waals surface area contributed by atoms with E-state index in [-0.39, 0.29) is 0 Å². The molecule has 1 nitrogen and oxygen atoms in total. The predicted octanol–water partition coefficient (Wildman–Crippen LogP) is 3.41. The Morgan fingerprint density at radius 2 is 2.08 bits per heavy atom. The van der Waals surface area contributed by atoms with Crippen molar-refractivity contribution < 1.29 is 5.11 Å². The third kappa shape index (κ3) is 3.33. The van der Waals surface area contributed by atoms with E-state index in [0.717, 1.165) is 11.1 Å². The molecule has 0 aliphatic rings. The molecule has 1 N–H and O–H groups in total. The van der Waals surface area contributed by atoms with E-state index < -0.39 is 6.10 Å². The fourth-order valence-electron chi connectivity index (χ4n) is 1.14. The topological polar surface area (TPSA) is 20.2 Å². The van der Waals surface area contributed by atoms with Gasteiger partial charge in [-0.05, 0) is 23.9 Å². The second-order valence-corrected chi connectivity index (χ2v) is 3.54. The van der Waals surface area contributed by atoms with Gasteiger partial charge in [0.2, 0.25) is 0 Å². The average molecular weight is 241 g/mol. The van der Waals surface area contributed by atoms with Gasteiger partial charge < -0.3 is 5.11 Å². The number of hydrogen-bond acceptors (Lipinski definition) is 1. The van der Waals surface area contributed by atoms with E-state index in [1.807, 2.05) is 42.2 Å². The first-order valence-electron chi connectivity index (χ1n) is 4.23. The van der Waals surface area contributed by atoms with Crippen LogP contribution in [0.5, 0.6) is 0 Å². The molecule has 1 unspecified atom stereocenters. The maximum atomic E-state index is 9.76. The van der Waals surface area contributed by atoms with Gasteiger partial charge in [0.15, 0.2) is 0 Å². The number of hydrogen-bond donors (Lipinski definition) is 1. The molecule has 1 aromatic rings. The van der Waals surface area contributed by atoms with Crippen LogP contribution in [0.4, 0.5) is 0 Å². The minimum absolute atomic E-state index is 0.394. The van der Waals surface area contributed by atoms with Crippen LogP contribution < -0.4 is 0 Å². The largest absolute Gasteiger partial charge is 0.388 e. The van der Waals surface area contributed by atoms with Crippen molar-refractivity contribution in [3.05, 3.63) is 46.5 Å². The van der Waals surface area contributed by atoms with Gasteiger partial charge in [0, 0.05) is 0 Å². The van der Waals surface area contributed by atoms with Gasteiger partial charge in [-0.15, -0.1) is 0 Å². The highest BCUT2D eigenvalue weighted by Crippen LogP contribution is 2.20. The van der Waals surface area contributed by atoms with Crippen LogP contribution >= 0.6 is 15.9 Å². The first-order valence-corrected chi connectivity index (χ1v) is 5.14. The van der Waals surface area contributed by atoms with E-state index in [0.29, 0.717) is 6.42 Å². The van der Waals surface area contributed by atoms with Crippen LogP contribution in [0.2, 0.25) is 0 Å². The molecule has 13 heavy (non-hydrogen) atoms. The van der Waals surface area contributed by atoms with Gasteiger partial charge in [-0.3, -0.25) is 0 Å². The molecule has 0 fully saturated rings. The maximum Gasteiger partial charge on any atom is 0.0827 e. The maximum absolute atomic E-state index is 9.76. The van der Waals surface area contributed by atoms with E-state index in [1.54, 1.807) is 0 Å². The Morgan fingerprint density at radius 3 is 2.62 bits per heavy atom. The molecule has 1 rings (SSSR count). The summed E-state index contributed by atoms with van der Waals surface area (Å²) in [6.45, 7) is 1.99. The summed E-state index contributed by atoms with van der Waals surface area (Å²) in [5.74, 6) is 0. The molecule has 1 aromatic carbocycles. The number of aliphatic hydroxyl groups is 1. The summed E-state index contributed by atoms with van der Waals surface area (Å²) in [4.78, 5) is 1.85. The van der Waals surface area contributed by atoms with Crippen LogP contribution in [0.25, 0.3) is 0 Å². The van der Waals surface area contributed by atoms with Crippen molar-refractivity contribution in [3.8, 4) is 0 Å². The highest BCUT2D eigenvalue weighted by atomic mass is 79.9. The Balaban J connectivity index is 2.64. The molecule has 0 bridgehead atoms. The van der Waals surface area contributed by atoms with Crippen molar-refractivity contribution in [3.63, 3.8) is 0 Å². The Bertz CT molecular complexity index is 279. The van der Waals surface area contributed by atoms with Crippen molar-refractivity contribution in [2.75, 3.05) is 0 Å². The Kier molecular flexibility index (Phi) is 4.19. The van der Waals surface area contributed by atoms with Gasteiger partial charge in [-0.2, -0.15) is 0 Å². The molecule has 0 spiro atoms. The molecule has 2 heteroatoms. The van der Waals surface area contributed by atoms with Gasteiger partial charge >= 0.3 is 0 Å². The lowest BCUT2D eigenvalue weighted by atomic mass is 10.0. The molecule has 0 saturated heterocycles. The fraction of sp³-hybridized carbons (Fsp3) is 0.273. The number of aliphatic hydroxyl groups excluding tert-OH is 1. The first kappa shape index (κ1) is 10.5. The van der Waals surface area contributed by atoms with E-state index in [2.05, 4.69) is 15.9 Å². The van der Waals surface area contributed by atoms with Crippen molar-refractivity contribution >= 4 is 15.9 Å². The van der Waals surface area contributed by atoms with Crippen LogP contribution in [0.1, 0.15) is 25.0 Å². The second kappa shape index (κ2) is 5.20. The molecule has 1 atom stereocenters. The minimum Gasteiger partial charge on any atom is -0.388 e. The third-order valence-corrected chi connectivity index (χ3v) is 2.67. The predicted molar refractivity (Wildman–Crippen MR) is 58.7 cm³/mol. The van der Waals surface area contributed by atoms with E-state index in [9.17, 15) is 5.11 Å². The second-order valence-electron chi connectivity index (χ2n) is 3.09. The average Bonchev–Trinajstić information content (AvgIpc) is 2.19. The molecule has 0 radical (unpaired) electrons. The van der Waals surface area contributed by atoms with Gasteiger partial charge in [0.1, 0.15) is 0 Å². The molecule has 0 heterocycles. The highest BCUT2D eigenvalue weighted by molar-refractivity contribution is 9.11. The standard InChI is InChI=1S/C11H13BrO/c1-9(8-12)7-11(13)10-5-3-2-4-6-10/h2-6,8,11,13H,7H2,1H3/b9-8+. The van der Waals surface area contributed by atoms with Crippen molar-refractivity contribution in [2.45, 2.75) is 19.4 Å². The van der Waals surface area contributed by atoms with E-state index in [1.165, 1.54) is 0 Å². The van der Waals surface area contributed by atoms with Gasteiger partial charge in [-0.25, -0.2) is 0 Å². The van der Waals surface area contributed by atoms with Crippen molar-refractivity contribution in [1.29, 1.82) is 0 Å². The van der Waals surface area contributed by atoms with Crippen LogP contribution in [0.3, 0.4) is 0 Å². The highest BCUT2D eigenvalue weighted by Gasteiger charge is 2.06. The summed E-state index contributed by atoms with van der Waals surface area (Å²) in [6, 6.07) is 9.69. The number of benzene rings is 1. The van der Waals surface area contributed by atoms with Crippen LogP contribution in [0, 0.1) is 0 Å². The van der Waals surface area contributed by atoms with Gasteiger partial charge in [0.05, 0.1) is 6.10 Å². The van der Waals surface area contributed by atoms with Gasteiger partial charge in [0.25, 0.3) is 0 Å². The molecular formula is C11H13BrO. The first-order chi connectivity index (χ1) is 6.24. The molecule has 0 saturated carbocycles. The lowest BCUT2D eigenvalue weighted by Crippen LogP contribution is -1.97. The molecular weight excluding hydrogens is 228 g/mol. The third-order valence-electron chi connectivity index (χ3n) is 1.89. The zero-order valence-electron chi connectivity index (χ0n) is 7.57. The summed E-state index contributed by atoms with van der Waals surface area (Å²) in [5.41, 5.74) is 2.10. The summed E-state index contributed by atoms with van der Waals surface area (Å²) >= 11 is 3.24. The molecule has 0 amide bonds. The lowest BCUT2D eigenvalue weighted by Gasteiger charge is -2.10. The molecule has 0 aromatic heterocycles. The Labute approximate surface area is 87.2 Å². The van der Waals surface area contributed by atoms with Crippen LogP contribution in [-0.2, 0) is 0 Å². The lowest BCUT2D eigenvalue weighted by molar-refractivity contribution is 0.178. The monoisotopic (exact) mass is 240 g/mol. The quantitative estimate of drug-likeness (QED) is 0.859. The molecule has 0 aliphatic heterocycles. The zero-order valence-corrected chi connectivity index (χ0v) is 9.16. The minimum atomic E-state index is -0.394. The summed E-state index contributed by atoms with van der Waals surface area (Å²) < 4.78 is 0. The molecule has 0 aliphatic carbocycles. The number of rotatable bonds is 3. The van der Waals surface area contributed by atoms with Gasteiger partial charge in [-0.1, -0.05) is 51.8 Å². The van der Waals surface area contributed by atoms with E-state index in [4.69, 9.17) is 0 Å². The smallest absolute Gasteiger partial charge is 0.0827 e. The summed E-state index contributed by atoms with van der Waals surface area (Å²) in [5, 5.41) is 9.76. The Hall–Kier alpha value is -0.600. The van der Waals surface area contributed by atoms with E-state index >= 15 is 0 Å². The summed E-state index contributed by atoms with van der Waals surface area (Å²) in [7, 11) is 0. The van der Waals surface area contributed by atoms with Crippen LogP contribution in [-0.4, -0.2) is 5.11 Å². The normalized spacial score (nSPS) is 14.2. The summed E-state index contributed by atoms with van der Waals surface area (Å²) in [6.07, 6.45) is 0.282. The zero-order chi connectivity index (χ0) is 9.68.